The molecule has 2 rings (SSSR count). The molecular formula is C18H25NO4. The lowest BCUT2D eigenvalue weighted by atomic mass is 10.0. The van der Waals surface area contributed by atoms with E-state index in [1.165, 1.54) is 6.07 Å². The highest BCUT2D eigenvalue weighted by Crippen LogP contribution is 2.30. The highest BCUT2D eigenvalue weighted by Gasteiger charge is 2.20. The summed E-state index contributed by atoms with van der Waals surface area (Å²) in [5.41, 5.74) is 6.63. The topological polar surface area (TPSA) is 92.8 Å². The van der Waals surface area contributed by atoms with Gasteiger partial charge in [0.25, 0.3) is 0 Å². The normalized spacial score (nSPS) is 25.0. The van der Waals surface area contributed by atoms with Crippen molar-refractivity contribution < 1.29 is 19.7 Å². The van der Waals surface area contributed by atoms with E-state index in [1.54, 1.807) is 6.08 Å². The van der Waals surface area contributed by atoms with Gasteiger partial charge in [-0.3, -0.25) is 0 Å². The fourth-order valence-corrected chi connectivity index (χ4v) is 2.81. The fraction of sp³-hybridized carbons (Fsp3) is 0.500. The number of phenols is 2. The van der Waals surface area contributed by atoms with Crippen LogP contribution in [0.5, 0.6) is 11.5 Å². The first kappa shape index (κ1) is 17.3. The van der Waals surface area contributed by atoms with Crippen LogP contribution in [-0.4, -0.2) is 28.3 Å². The van der Waals surface area contributed by atoms with E-state index >= 15 is 0 Å². The SMILES string of the molecule is C[C@H]1CCCC(N)CCC/C=C/c2cc(O)cc(O)c2C(=O)O1. The molecule has 1 unspecified atom stereocenters. The number of aromatic hydroxyl groups is 2. The number of nitrogens with two attached hydrogens (primary N) is 1. The Kier molecular flexibility index (Phi) is 6.04. The molecule has 0 radical (unpaired) electrons. The number of hydrogen-bond donors (Lipinski definition) is 3. The third kappa shape index (κ3) is 4.99. The van der Waals surface area contributed by atoms with Crippen LogP contribution in [0.3, 0.4) is 0 Å². The van der Waals surface area contributed by atoms with Crippen molar-refractivity contribution in [1.82, 2.24) is 0 Å². The summed E-state index contributed by atoms with van der Waals surface area (Å²) in [7, 11) is 0. The molecule has 1 aromatic rings. The summed E-state index contributed by atoms with van der Waals surface area (Å²) in [6, 6.07) is 2.78. The summed E-state index contributed by atoms with van der Waals surface area (Å²) < 4.78 is 5.42. The van der Waals surface area contributed by atoms with Gasteiger partial charge >= 0.3 is 5.97 Å². The largest absolute Gasteiger partial charge is 0.508 e. The maximum Gasteiger partial charge on any atom is 0.342 e. The lowest BCUT2D eigenvalue weighted by Gasteiger charge is -2.17. The lowest BCUT2D eigenvalue weighted by Crippen LogP contribution is -2.21. The number of carbonyl (C=O) groups excluding carboxylic acids is 1. The number of ether oxygens (including phenoxy) is 1. The zero-order valence-electron chi connectivity index (χ0n) is 13.5. The van der Waals surface area contributed by atoms with E-state index in [4.69, 9.17) is 10.5 Å². The Morgan fingerprint density at radius 2 is 1.91 bits per heavy atom. The van der Waals surface area contributed by atoms with Crippen LogP contribution in [0.1, 0.15) is 61.4 Å². The molecular weight excluding hydrogens is 294 g/mol. The zero-order valence-corrected chi connectivity index (χ0v) is 13.5. The summed E-state index contributed by atoms with van der Waals surface area (Å²) in [5, 5.41) is 19.7. The molecule has 0 saturated heterocycles. The van der Waals surface area contributed by atoms with E-state index in [1.807, 2.05) is 13.0 Å². The number of phenolic OH excluding ortho intramolecular Hbond substituents is 2. The maximum atomic E-state index is 12.4. The molecule has 126 valence electrons. The van der Waals surface area contributed by atoms with Gasteiger partial charge < -0.3 is 20.7 Å². The molecule has 1 heterocycles. The molecule has 0 bridgehead atoms. The van der Waals surface area contributed by atoms with Gasteiger partial charge in [-0.25, -0.2) is 4.79 Å². The van der Waals surface area contributed by atoms with Gasteiger partial charge in [-0.2, -0.15) is 0 Å². The van der Waals surface area contributed by atoms with E-state index in [-0.39, 0.29) is 29.2 Å². The molecule has 1 aromatic carbocycles. The highest BCUT2D eigenvalue weighted by atomic mass is 16.5. The first-order chi connectivity index (χ1) is 11.0. The van der Waals surface area contributed by atoms with Crippen molar-refractivity contribution in [2.75, 3.05) is 0 Å². The first-order valence-corrected chi connectivity index (χ1v) is 8.16. The van der Waals surface area contributed by atoms with Gasteiger partial charge in [0.1, 0.15) is 17.1 Å². The average molecular weight is 319 g/mol. The second-order valence-corrected chi connectivity index (χ2v) is 6.17. The average Bonchev–Trinajstić information content (AvgIpc) is 2.45. The van der Waals surface area contributed by atoms with E-state index in [0.29, 0.717) is 5.56 Å². The van der Waals surface area contributed by atoms with Crippen LogP contribution in [0, 0.1) is 0 Å². The molecule has 0 aliphatic carbocycles. The van der Waals surface area contributed by atoms with Gasteiger partial charge in [0, 0.05) is 12.1 Å². The Bertz CT molecular complexity index is 583. The summed E-state index contributed by atoms with van der Waals surface area (Å²) in [6.45, 7) is 1.84. The van der Waals surface area contributed by atoms with Gasteiger partial charge in [-0.05, 0) is 57.1 Å². The lowest BCUT2D eigenvalue weighted by molar-refractivity contribution is 0.0315. The second-order valence-electron chi connectivity index (χ2n) is 6.17. The Morgan fingerprint density at radius 3 is 2.70 bits per heavy atom. The molecule has 5 heteroatoms. The molecule has 23 heavy (non-hydrogen) atoms. The summed E-state index contributed by atoms with van der Waals surface area (Å²) in [5.74, 6) is -0.929. The van der Waals surface area contributed by atoms with E-state index in [2.05, 4.69) is 0 Å². The standard InChI is InChI=1S/C18H25NO4/c1-12-6-5-9-14(19)8-4-2-3-7-13-10-15(20)11-16(21)17(13)18(22)23-12/h3,7,10-12,14,20-21H,2,4-6,8-9,19H2,1H3/b7-3+/t12-,14?/m0/s1. The second kappa shape index (κ2) is 8.02. The predicted octanol–water partition coefficient (Wildman–Crippen LogP) is 3.34. The van der Waals surface area contributed by atoms with Crippen molar-refractivity contribution in [3.05, 3.63) is 29.3 Å². The molecule has 2 atom stereocenters. The molecule has 5 nitrogen and oxygen atoms in total. The fourth-order valence-electron chi connectivity index (χ4n) is 2.81. The monoisotopic (exact) mass is 319 g/mol. The van der Waals surface area contributed by atoms with Crippen LogP contribution < -0.4 is 5.73 Å². The third-order valence-electron chi connectivity index (χ3n) is 4.07. The van der Waals surface area contributed by atoms with Gasteiger partial charge in [0.2, 0.25) is 0 Å². The number of fused-ring (bicyclic) bond motifs is 1. The quantitative estimate of drug-likeness (QED) is 0.638. The van der Waals surface area contributed by atoms with E-state index < -0.39 is 5.97 Å². The Hall–Kier alpha value is -2.01. The summed E-state index contributed by atoms with van der Waals surface area (Å²) in [4.78, 5) is 12.4. The number of esters is 1. The Balaban J connectivity index is 2.30. The van der Waals surface area contributed by atoms with Gasteiger partial charge in [0.05, 0.1) is 6.10 Å². The molecule has 1 aliphatic rings. The van der Waals surface area contributed by atoms with Crippen molar-refractivity contribution in [2.24, 2.45) is 5.73 Å². The van der Waals surface area contributed by atoms with Crippen molar-refractivity contribution in [3.63, 3.8) is 0 Å². The van der Waals surface area contributed by atoms with Crippen LogP contribution in [-0.2, 0) is 4.74 Å². The van der Waals surface area contributed by atoms with Crippen LogP contribution in [0.15, 0.2) is 18.2 Å². The number of benzene rings is 1. The Labute approximate surface area is 136 Å². The number of allylic oxidation sites excluding steroid dienone is 1. The smallest absolute Gasteiger partial charge is 0.342 e. The van der Waals surface area contributed by atoms with Crippen molar-refractivity contribution in [2.45, 2.75) is 57.6 Å². The molecule has 0 aromatic heterocycles. The minimum atomic E-state index is -0.573. The van der Waals surface area contributed by atoms with E-state index in [0.717, 1.165) is 44.6 Å². The van der Waals surface area contributed by atoms with Crippen LogP contribution in [0.2, 0.25) is 0 Å². The molecule has 0 saturated carbocycles. The maximum absolute atomic E-state index is 12.4. The van der Waals surface area contributed by atoms with Crippen molar-refractivity contribution >= 4 is 12.0 Å². The first-order valence-electron chi connectivity index (χ1n) is 8.16. The predicted molar refractivity (Wildman–Crippen MR) is 89.4 cm³/mol. The van der Waals surface area contributed by atoms with Crippen molar-refractivity contribution in [3.8, 4) is 11.5 Å². The minimum absolute atomic E-state index is 0.0881. The molecule has 0 fully saturated rings. The highest BCUT2D eigenvalue weighted by molar-refractivity contribution is 5.97. The minimum Gasteiger partial charge on any atom is -0.508 e. The molecule has 0 spiro atoms. The van der Waals surface area contributed by atoms with Gasteiger partial charge in [-0.15, -0.1) is 0 Å². The van der Waals surface area contributed by atoms with Crippen molar-refractivity contribution in [1.29, 1.82) is 0 Å². The summed E-state index contributed by atoms with van der Waals surface area (Å²) >= 11 is 0. The Morgan fingerprint density at radius 1 is 1.17 bits per heavy atom. The van der Waals surface area contributed by atoms with Gasteiger partial charge in [-0.1, -0.05) is 12.2 Å². The summed E-state index contributed by atoms with van der Waals surface area (Å²) in [6.07, 6.45) is 8.72. The number of cyclic esters (lactones) is 1. The van der Waals surface area contributed by atoms with E-state index in [9.17, 15) is 15.0 Å². The molecule has 0 amide bonds. The van der Waals surface area contributed by atoms with Crippen LogP contribution >= 0.6 is 0 Å². The number of hydrogen-bond acceptors (Lipinski definition) is 5. The molecule has 4 N–H and O–H groups in total. The van der Waals surface area contributed by atoms with Crippen LogP contribution in [0.4, 0.5) is 0 Å². The third-order valence-corrected chi connectivity index (χ3v) is 4.07. The van der Waals surface area contributed by atoms with Gasteiger partial charge in [0.15, 0.2) is 0 Å². The zero-order chi connectivity index (χ0) is 16.8. The number of rotatable bonds is 0. The number of carbonyl (C=O) groups is 1. The van der Waals surface area contributed by atoms with Crippen LogP contribution in [0.25, 0.3) is 6.08 Å². The molecule has 1 aliphatic heterocycles.